The number of rotatable bonds is 7. The summed E-state index contributed by atoms with van der Waals surface area (Å²) in [6, 6.07) is 108. The molecule has 0 aliphatic carbocycles. The van der Waals surface area contributed by atoms with Crippen LogP contribution in [0.2, 0.25) is 0 Å². The van der Waals surface area contributed by atoms with E-state index in [0.717, 1.165) is 33.1 Å². The zero-order chi connectivity index (χ0) is 50.2. The van der Waals surface area contributed by atoms with E-state index in [2.05, 4.69) is 179 Å². The number of thiophene rings is 1. The summed E-state index contributed by atoms with van der Waals surface area (Å²) in [6.07, 6.45) is 5.49. The van der Waals surface area contributed by atoms with Gasteiger partial charge in [-0.05, 0) is 98.8 Å². The predicted molar refractivity (Wildman–Crippen MR) is 316 cm³/mol. The number of fused-ring (bicyclic) bond motifs is 2. The standard InChI is InChI=1S/C18H15P.C15H10N.C13H8NS.C12H9.C11H8N.Au.2Ir/c1-4-10-16(11-5-1)19(17-12-6-2-7-13-17)18-14-8-3-9-15-18;1-2-7-13(8-3-1)15-14-9-5-4-6-12(14)10-11-16-15;1-2-5-11-10(4-1)7-8-14-13(11)12-6-3-9-15-12;1-3-7-11(8-4-1)12-9-5-2-6-10-12;1-2-6-10(7-3-1)11-8-4-5-9-12-11;;;/h1-15H;1-7,9-11H;1-5,7-9H;1,3-10H;1-6,8-9H;;;/q;4*-1;+1;;/p+1. The molecule has 9 aromatic carbocycles. The van der Waals surface area contributed by atoms with Crippen molar-refractivity contribution in [3.8, 4) is 44.2 Å². The fourth-order valence-electron chi connectivity index (χ4n) is 8.14. The van der Waals surface area contributed by atoms with E-state index < -0.39 is 7.92 Å². The summed E-state index contributed by atoms with van der Waals surface area (Å²) in [6.45, 7) is 0. The summed E-state index contributed by atoms with van der Waals surface area (Å²) in [5.41, 5.74) is 7.58. The fraction of sp³-hybridized carbons (Fsp3) is 0. The number of hydrogen-bond acceptors (Lipinski definition) is 4. The van der Waals surface area contributed by atoms with Crippen LogP contribution in [0.1, 0.15) is 0 Å². The van der Waals surface area contributed by atoms with E-state index in [1.807, 2.05) is 157 Å². The topological polar surface area (TPSA) is 38.7 Å². The maximum atomic E-state index is 4.45. The van der Waals surface area contributed by atoms with Gasteiger partial charge in [0, 0.05) is 58.8 Å². The summed E-state index contributed by atoms with van der Waals surface area (Å²) in [5, 5.41) is 11.1. The Labute approximate surface area is 501 Å². The molecular weight excluding hydrogens is 1520 g/mol. The molecule has 0 saturated heterocycles. The summed E-state index contributed by atoms with van der Waals surface area (Å²) in [4.78, 5) is 14.2. The van der Waals surface area contributed by atoms with Crippen molar-refractivity contribution in [2.45, 2.75) is 0 Å². The average molecular weight is 1570 g/mol. The first-order valence-electron chi connectivity index (χ1n) is 24.3. The van der Waals surface area contributed by atoms with E-state index in [-0.39, 0.29) is 62.6 Å². The van der Waals surface area contributed by atoms with E-state index in [0.29, 0.717) is 0 Å². The Kier molecular flexibility index (Phi) is 25.2. The molecule has 0 fully saturated rings. The minimum Gasteiger partial charge on any atom is -0.318 e. The Bertz CT molecular complexity index is 3390. The Morgan fingerprint density at radius 3 is 1.29 bits per heavy atom. The summed E-state index contributed by atoms with van der Waals surface area (Å²) >= 11 is 1.67. The number of hydrogen-bond donors (Lipinski definition) is 0. The third kappa shape index (κ3) is 17.3. The molecule has 3 nitrogen and oxygen atoms in total. The molecule has 77 heavy (non-hydrogen) atoms. The molecule has 13 aromatic rings. The van der Waals surface area contributed by atoms with Crippen LogP contribution in [0.3, 0.4) is 0 Å². The van der Waals surface area contributed by atoms with Gasteiger partial charge in [0.15, 0.2) is 0 Å². The number of pyridine rings is 3. The second-order valence-corrected chi connectivity index (χ2v) is 19.9. The summed E-state index contributed by atoms with van der Waals surface area (Å²) in [7, 11) is -0.877. The van der Waals surface area contributed by atoms with Crippen LogP contribution >= 0.6 is 19.3 Å². The summed E-state index contributed by atoms with van der Waals surface area (Å²) in [5.74, 6) is 0. The zero-order valence-corrected chi connectivity index (χ0v) is 50.4. The molecule has 4 aromatic heterocycles. The van der Waals surface area contributed by atoms with Crippen molar-refractivity contribution >= 4 is 56.7 Å². The molecule has 384 valence electrons. The monoisotopic (exact) mass is 1570 g/mol. The van der Waals surface area contributed by atoms with Gasteiger partial charge in [0.25, 0.3) is 0 Å². The SMILES string of the molecule is [Au+].[Ir].[Ir].[c-]1ccc(-c2ccccc2)cc1.[c-]1ccccc1-c1ccccn1.[c-]1ccccc1-c1nccc2ccccc12.[c-]1ccsc1-c1nccc2ccccc12.c1ccc([PH+](c2ccccc2)c2ccccc2)cc1. The van der Waals surface area contributed by atoms with Crippen molar-refractivity contribution in [2.24, 2.45) is 0 Å². The molecule has 13 rings (SSSR count). The zero-order valence-electron chi connectivity index (χ0n) is 41.6. The largest absolute Gasteiger partial charge is 1.00 e. The molecule has 0 unspecified atom stereocenters. The van der Waals surface area contributed by atoms with Gasteiger partial charge < -0.3 is 15.0 Å². The van der Waals surface area contributed by atoms with Crippen LogP contribution in [0.4, 0.5) is 0 Å². The molecule has 0 N–H and O–H groups in total. The normalized spacial score (nSPS) is 9.88. The second-order valence-electron chi connectivity index (χ2n) is 16.6. The van der Waals surface area contributed by atoms with Crippen LogP contribution < -0.4 is 15.9 Å². The molecule has 8 heteroatoms. The molecule has 2 radical (unpaired) electrons. The van der Waals surface area contributed by atoms with Crippen molar-refractivity contribution in [1.29, 1.82) is 0 Å². The van der Waals surface area contributed by atoms with E-state index in [1.54, 1.807) is 17.5 Å². The predicted octanol–water partition coefficient (Wildman–Crippen LogP) is 16.3. The maximum absolute atomic E-state index is 4.45. The van der Waals surface area contributed by atoms with Gasteiger partial charge in [-0.2, -0.15) is 42.5 Å². The number of nitrogens with zero attached hydrogens (tertiary/aromatic N) is 3. The van der Waals surface area contributed by atoms with E-state index >= 15 is 0 Å². The third-order valence-electron chi connectivity index (χ3n) is 11.7. The van der Waals surface area contributed by atoms with Gasteiger partial charge in [-0.15, -0.1) is 82.7 Å². The van der Waals surface area contributed by atoms with E-state index in [1.165, 1.54) is 48.6 Å². The van der Waals surface area contributed by atoms with Gasteiger partial charge in [0.2, 0.25) is 0 Å². The molecule has 0 aliphatic rings. The fourth-order valence-corrected chi connectivity index (χ4v) is 11.4. The first-order valence-corrected chi connectivity index (χ1v) is 26.7. The minimum absolute atomic E-state index is 0. The molecule has 0 spiro atoms. The Hall–Kier alpha value is -6.88. The molecule has 0 saturated carbocycles. The van der Waals surface area contributed by atoms with Gasteiger partial charge in [-0.3, -0.25) is 0 Å². The molecule has 0 atom stereocenters. The van der Waals surface area contributed by atoms with Gasteiger partial charge in [-0.25, -0.2) is 11.3 Å². The van der Waals surface area contributed by atoms with Gasteiger partial charge in [0.05, 0.1) is 7.92 Å². The maximum Gasteiger partial charge on any atom is 1.00 e. The van der Waals surface area contributed by atoms with Crippen LogP contribution in [-0.2, 0) is 62.6 Å². The van der Waals surface area contributed by atoms with Crippen LogP contribution in [-0.4, -0.2) is 15.0 Å². The van der Waals surface area contributed by atoms with Gasteiger partial charge in [0.1, 0.15) is 15.9 Å². The number of benzene rings is 9. The van der Waals surface area contributed by atoms with Crippen molar-refractivity contribution in [2.75, 3.05) is 0 Å². The summed E-state index contributed by atoms with van der Waals surface area (Å²) < 4.78 is 0. The Morgan fingerprint density at radius 2 is 0.792 bits per heavy atom. The second kappa shape index (κ2) is 32.6. The van der Waals surface area contributed by atoms with E-state index in [4.69, 9.17) is 0 Å². The third-order valence-corrected chi connectivity index (χ3v) is 15.2. The van der Waals surface area contributed by atoms with Crippen LogP contribution in [0.15, 0.2) is 303 Å². The first-order chi connectivity index (χ1) is 36.8. The van der Waals surface area contributed by atoms with Crippen LogP contribution in [0, 0.1) is 24.3 Å². The smallest absolute Gasteiger partial charge is 0.318 e. The van der Waals surface area contributed by atoms with Gasteiger partial charge >= 0.3 is 22.4 Å². The van der Waals surface area contributed by atoms with Crippen LogP contribution in [0.5, 0.6) is 0 Å². The molecule has 0 bridgehead atoms. The quantitative estimate of drug-likeness (QED) is 0.0907. The molecule has 4 heterocycles. The first kappa shape index (κ1) is 59.4. The molecule has 0 amide bonds. The molecular formula is C69H51AuIr2N3PS-2. The van der Waals surface area contributed by atoms with Crippen molar-refractivity contribution in [1.82, 2.24) is 15.0 Å². The number of aromatic nitrogens is 3. The Morgan fingerprint density at radius 1 is 0.338 bits per heavy atom. The van der Waals surface area contributed by atoms with Crippen molar-refractivity contribution in [3.63, 3.8) is 0 Å². The molecule has 0 aliphatic heterocycles. The van der Waals surface area contributed by atoms with E-state index in [9.17, 15) is 0 Å². The minimum atomic E-state index is -0.877. The average Bonchev–Trinajstić information content (AvgIpc) is 4.05. The van der Waals surface area contributed by atoms with Gasteiger partial charge in [-0.1, -0.05) is 150 Å². The van der Waals surface area contributed by atoms with Crippen LogP contribution in [0.25, 0.3) is 65.8 Å². The van der Waals surface area contributed by atoms with Crippen molar-refractivity contribution < 1.29 is 62.6 Å². The van der Waals surface area contributed by atoms with Crippen molar-refractivity contribution in [3.05, 3.63) is 327 Å². The Balaban J connectivity index is 0.000000156.